The van der Waals surface area contributed by atoms with Crippen molar-refractivity contribution >= 4 is 17.5 Å². The average molecular weight is 444 g/mol. The second-order valence-corrected chi connectivity index (χ2v) is 7.93. The van der Waals surface area contributed by atoms with Crippen LogP contribution in [0.1, 0.15) is 44.6 Å². The lowest BCUT2D eigenvalue weighted by atomic mass is 9.87. The second-order valence-electron chi connectivity index (χ2n) is 7.52. The molecule has 1 amide bonds. The summed E-state index contributed by atoms with van der Waals surface area (Å²) < 4.78 is 31.6. The van der Waals surface area contributed by atoms with Crippen molar-refractivity contribution in [1.29, 1.82) is 0 Å². The number of nitrogens with zero attached hydrogens (tertiary/aromatic N) is 1. The number of hydrogen-bond donors (Lipinski definition) is 0. The van der Waals surface area contributed by atoms with E-state index in [2.05, 4.69) is 0 Å². The van der Waals surface area contributed by atoms with Gasteiger partial charge in [-0.3, -0.25) is 4.79 Å². The maximum atomic E-state index is 15.1. The zero-order chi connectivity index (χ0) is 22.3. The SMILES string of the molecule is COc1cc2c(cc1OC)[C@H](c1c(F)cccc1Cl)N(C(=O)c1cc(C)oc1C)CC2. The van der Waals surface area contributed by atoms with E-state index in [-0.39, 0.29) is 16.5 Å². The van der Waals surface area contributed by atoms with Crippen LogP contribution in [0.3, 0.4) is 0 Å². The number of furan rings is 1. The van der Waals surface area contributed by atoms with Gasteiger partial charge in [0.15, 0.2) is 11.5 Å². The van der Waals surface area contributed by atoms with Crippen molar-refractivity contribution in [3.63, 3.8) is 0 Å². The summed E-state index contributed by atoms with van der Waals surface area (Å²) in [5.41, 5.74) is 2.41. The lowest BCUT2D eigenvalue weighted by molar-refractivity contribution is 0.0690. The summed E-state index contributed by atoms with van der Waals surface area (Å²) in [6.07, 6.45) is 0.583. The number of halogens is 2. The van der Waals surface area contributed by atoms with Crippen molar-refractivity contribution in [3.05, 3.63) is 81.0 Å². The van der Waals surface area contributed by atoms with Crippen molar-refractivity contribution in [2.24, 2.45) is 0 Å². The quantitative estimate of drug-likeness (QED) is 0.534. The highest BCUT2D eigenvalue weighted by atomic mass is 35.5. The van der Waals surface area contributed by atoms with E-state index < -0.39 is 11.9 Å². The Kier molecular flexibility index (Phi) is 5.67. The number of methoxy groups -OCH3 is 2. The Balaban J connectivity index is 1.93. The van der Waals surface area contributed by atoms with Crippen LogP contribution < -0.4 is 9.47 Å². The Morgan fingerprint density at radius 1 is 1.16 bits per heavy atom. The Hall–Kier alpha value is -2.99. The Labute approximate surface area is 185 Å². The summed E-state index contributed by atoms with van der Waals surface area (Å²) in [4.78, 5) is 15.2. The zero-order valence-corrected chi connectivity index (χ0v) is 18.5. The molecule has 0 fully saturated rings. The third kappa shape index (κ3) is 3.65. The van der Waals surface area contributed by atoms with E-state index in [1.165, 1.54) is 6.07 Å². The summed E-state index contributed by atoms with van der Waals surface area (Å²) in [6, 6.07) is 9.20. The normalized spacial score (nSPS) is 15.5. The minimum absolute atomic E-state index is 0.237. The number of rotatable bonds is 4. The standard InChI is InChI=1S/C24H23ClFNO4/c1-13-10-16(14(2)31-13)24(28)27-9-8-15-11-20(29-3)21(30-4)12-17(15)23(27)22-18(25)6-5-7-19(22)26/h5-7,10-12,23H,8-9H2,1-4H3/t23-/m1/s1. The van der Waals surface area contributed by atoms with E-state index in [9.17, 15) is 4.79 Å². The summed E-state index contributed by atoms with van der Waals surface area (Å²) in [6.45, 7) is 3.93. The van der Waals surface area contributed by atoms with E-state index in [1.54, 1.807) is 57.2 Å². The smallest absolute Gasteiger partial charge is 0.258 e. The number of carbonyl (C=O) groups is 1. The Bertz CT molecular complexity index is 1140. The van der Waals surface area contributed by atoms with Crippen molar-refractivity contribution < 1.29 is 23.1 Å². The first-order valence-corrected chi connectivity index (χ1v) is 10.3. The minimum atomic E-state index is -0.723. The molecule has 1 aliphatic heterocycles. The summed E-state index contributed by atoms with van der Waals surface area (Å²) in [5.74, 6) is 1.55. The van der Waals surface area contributed by atoms with Gasteiger partial charge in [0.25, 0.3) is 5.91 Å². The van der Waals surface area contributed by atoms with Crippen molar-refractivity contribution in [2.45, 2.75) is 26.3 Å². The molecule has 3 aromatic rings. The van der Waals surface area contributed by atoms with Gasteiger partial charge in [0.05, 0.1) is 25.8 Å². The highest BCUT2D eigenvalue weighted by Crippen LogP contribution is 2.44. The number of benzene rings is 2. The van der Waals surface area contributed by atoms with Crippen LogP contribution in [0.5, 0.6) is 11.5 Å². The molecule has 0 bridgehead atoms. The van der Waals surface area contributed by atoms with Gasteiger partial charge in [-0.05, 0) is 61.7 Å². The first-order valence-electron chi connectivity index (χ1n) is 9.92. The van der Waals surface area contributed by atoms with E-state index in [0.717, 1.165) is 11.1 Å². The summed E-state index contributed by atoms with van der Waals surface area (Å²) in [7, 11) is 3.11. The molecule has 31 heavy (non-hydrogen) atoms. The molecule has 0 spiro atoms. The van der Waals surface area contributed by atoms with Gasteiger partial charge >= 0.3 is 0 Å². The maximum Gasteiger partial charge on any atom is 0.258 e. The van der Waals surface area contributed by atoms with Gasteiger partial charge in [-0.2, -0.15) is 0 Å². The van der Waals surface area contributed by atoms with Gasteiger partial charge in [-0.1, -0.05) is 17.7 Å². The summed E-state index contributed by atoms with van der Waals surface area (Å²) in [5, 5.41) is 0.255. The molecule has 4 rings (SSSR count). The van der Waals surface area contributed by atoms with Crippen LogP contribution in [-0.2, 0) is 6.42 Å². The molecule has 1 aliphatic rings. The highest BCUT2D eigenvalue weighted by Gasteiger charge is 2.37. The largest absolute Gasteiger partial charge is 0.493 e. The van der Waals surface area contributed by atoms with Crippen molar-refractivity contribution in [2.75, 3.05) is 20.8 Å². The molecule has 1 atom stereocenters. The number of ether oxygens (including phenoxy) is 2. The predicted octanol–water partition coefficient (Wildman–Crippen LogP) is 5.49. The van der Waals surface area contributed by atoms with Gasteiger partial charge in [-0.15, -0.1) is 0 Å². The maximum absolute atomic E-state index is 15.1. The number of carbonyl (C=O) groups excluding carboxylic acids is 1. The molecule has 7 heteroatoms. The average Bonchev–Trinajstić information content (AvgIpc) is 3.09. The fraction of sp³-hybridized carbons (Fsp3) is 0.292. The zero-order valence-electron chi connectivity index (χ0n) is 17.8. The van der Waals surface area contributed by atoms with Crippen LogP contribution in [-0.4, -0.2) is 31.6 Å². The molecule has 0 aliphatic carbocycles. The minimum Gasteiger partial charge on any atom is -0.493 e. The summed E-state index contributed by atoms with van der Waals surface area (Å²) >= 11 is 6.46. The fourth-order valence-electron chi connectivity index (χ4n) is 4.25. The van der Waals surface area contributed by atoms with Crippen LogP contribution in [0.25, 0.3) is 0 Å². The number of amides is 1. The number of fused-ring (bicyclic) bond motifs is 1. The Morgan fingerprint density at radius 2 is 1.87 bits per heavy atom. The van der Waals surface area contributed by atoms with Crippen molar-refractivity contribution in [1.82, 2.24) is 4.90 Å². The van der Waals surface area contributed by atoms with Gasteiger partial charge in [0, 0.05) is 17.1 Å². The van der Waals surface area contributed by atoms with Gasteiger partial charge in [0.1, 0.15) is 17.3 Å². The molecule has 5 nitrogen and oxygen atoms in total. The molecule has 0 saturated carbocycles. The Morgan fingerprint density at radius 3 is 2.48 bits per heavy atom. The first kappa shape index (κ1) is 21.2. The van der Waals surface area contributed by atoms with Crippen molar-refractivity contribution in [3.8, 4) is 11.5 Å². The van der Waals surface area contributed by atoms with E-state index >= 15 is 4.39 Å². The lowest BCUT2D eigenvalue weighted by Crippen LogP contribution is -2.41. The van der Waals surface area contributed by atoms with E-state index in [4.69, 9.17) is 25.5 Å². The van der Waals surface area contributed by atoms with Crippen LogP contribution in [0, 0.1) is 19.7 Å². The highest BCUT2D eigenvalue weighted by molar-refractivity contribution is 6.31. The molecule has 0 saturated heterocycles. The third-order valence-corrected chi connectivity index (χ3v) is 6.01. The van der Waals surface area contributed by atoms with Crippen LogP contribution in [0.2, 0.25) is 5.02 Å². The fourth-order valence-corrected chi connectivity index (χ4v) is 4.51. The topological polar surface area (TPSA) is 51.9 Å². The van der Waals surface area contributed by atoms with E-state index in [0.29, 0.717) is 41.5 Å². The lowest BCUT2D eigenvalue weighted by Gasteiger charge is -2.38. The predicted molar refractivity (Wildman–Crippen MR) is 116 cm³/mol. The molecular formula is C24H23ClFNO4. The molecule has 0 N–H and O–H groups in total. The first-order chi connectivity index (χ1) is 14.8. The second kappa shape index (κ2) is 8.27. The van der Waals surface area contributed by atoms with Crippen LogP contribution in [0.4, 0.5) is 4.39 Å². The molecule has 1 aromatic heterocycles. The number of hydrogen-bond acceptors (Lipinski definition) is 4. The van der Waals surface area contributed by atoms with Gasteiger partial charge < -0.3 is 18.8 Å². The van der Waals surface area contributed by atoms with Crippen LogP contribution in [0.15, 0.2) is 40.8 Å². The van der Waals surface area contributed by atoms with Crippen LogP contribution >= 0.6 is 11.6 Å². The third-order valence-electron chi connectivity index (χ3n) is 5.68. The molecule has 2 aromatic carbocycles. The molecule has 0 radical (unpaired) electrons. The van der Waals surface area contributed by atoms with Gasteiger partial charge in [0.2, 0.25) is 0 Å². The molecule has 2 heterocycles. The monoisotopic (exact) mass is 443 g/mol. The van der Waals surface area contributed by atoms with Gasteiger partial charge in [-0.25, -0.2) is 4.39 Å². The molecule has 162 valence electrons. The van der Waals surface area contributed by atoms with E-state index in [1.807, 2.05) is 6.07 Å². The molecule has 0 unspecified atom stereocenters. The number of aryl methyl sites for hydroxylation is 2. The molecular weight excluding hydrogens is 421 g/mol.